The Morgan fingerprint density at radius 1 is 1.08 bits per heavy atom. The first-order valence-corrected chi connectivity index (χ1v) is 8.27. The van der Waals surface area contributed by atoms with Crippen LogP contribution in [-0.4, -0.2) is 30.4 Å². The SMILES string of the molecule is Cc1ccc(N2CC(NC(=O)Nc3ccc(C(N)=O)cc3)CC2=O)cc1. The summed E-state index contributed by atoms with van der Waals surface area (Å²) in [6.07, 6.45) is 0.252. The summed E-state index contributed by atoms with van der Waals surface area (Å²) < 4.78 is 0. The van der Waals surface area contributed by atoms with Crippen molar-refractivity contribution in [3.8, 4) is 0 Å². The first kappa shape index (κ1) is 17.5. The van der Waals surface area contributed by atoms with Gasteiger partial charge in [-0.25, -0.2) is 4.79 Å². The predicted octanol–water partition coefficient (Wildman–Crippen LogP) is 2.02. The van der Waals surface area contributed by atoms with E-state index in [-0.39, 0.29) is 18.4 Å². The molecule has 7 nitrogen and oxygen atoms in total. The molecule has 0 radical (unpaired) electrons. The molecule has 1 saturated heterocycles. The van der Waals surface area contributed by atoms with Gasteiger partial charge in [-0.2, -0.15) is 0 Å². The van der Waals surface area contributed by atoms with Crippen LogP contribution in [0.5, 0.6) is 0 Å². The standard InChI is InChI=1S/C19H20N4O3/c1-12-2-8-16(9-3-12)23-11-15(10-17(23)24)22-19(26)21-14-6-4-13(5-7-14)18(20)25/h2-9,15H,10-11H2,1H3,(H2,20,25)(H2,21,22,26). The molecule has 0 aromatic heterocycles. The Hall–Kier alpha value is -3.35. The summed E-state index contributed by atoms with van der Waals surface area (Å²) >= 11 is 0. The lowest BCUT2D eigenvalue weighted by molar-refractivity contribution is -0.117. The molecule has 1 unspecified atom stereocenters. The third kappa shape index (κ3) is 4.00. The maximum absolute atomic E-state index is 12.2. The summed E-state index contributed by atoms with van der Waals surface area (Å²) in [6, 6.07) is 13.3. The van der Waals surface area contributed by atoms with Crippen molar-refractivity contribution in [1.82, 2.24) is 5.32 Å². The second-order valence-electron chi connectivity index (χ2n) is 6.28. The van der Waals surface area contributed by atoms with Gasteiger partial charge >= 0.3 is 6.03 Å². The number of hydrogen-bond acceptors (Lipinski definition) is 3. The van der Waals surface area contributed by atoms with Gasteiger partial charge in [-0.3, -0.25) is 9.59 Å². The number of nitrogens with zero attached hydrogens (tertiary/aromatic N) is 1. The molecule has 2 aromatic carbocycles. The topological polar surface area (TPSA) is 105 Å². The van der Waals surface area contributed by atoms with Crippen LogP contribution in [0.4, 0.5) is 16.2 Å². The molecule has 2 aromatic rings. The molecule has 3 rings (SSSR count). The Morgan fingerprint density at radius 2 is 1.73 bits per heavy atom. The normalized spacial score (nSPS) is 16.4. The Labute approximate surface area is 151 Å². The van der Waals surface area contributed by atoms with Crippen molar-refractivity contribution in [2.24, 2.45) is 5.73 Å². The number of rotatable bonds is 4. The fraction of sp³-hybridized carbons (Fsp3) is 0.211. The highest BCUT2D eigenvalue weighted by molar-refractivity contribution is 5.98. The summed E-state index contributed by atoms with van der Waals surface area (Å²) in [4.78, 5) is 37.1. The highest BCUT2D eigenvalue weighted by Crippen LogP contribution is 2.22. The number of primary amides is 1. The molecule has 0 bridgehead atoms. The third-order valence-electron chi connectivity index (χ3n) is 4.23. The number of carbonyl (C=O) groups is 3. The van der Waals surface area contributed by atoms with Gasteiger partial charge in [-0.1, -0.05) is 17.7 Å². The maximum Gasteiger partial charge on any atom is 0.319 e. The second-order valence-corrected chi connectivity index (χ2v) is 6.28. The maximum atomic E-state index is 12.2. The summed E-state index contributed by atoms with van der Waals surface area (Å²) in [6.45, 7) is 2.41. The number of hydrogen-bond donors (Lipinski definition) is 3. The minimum Gasteiger partial charge on any atom is -0.366 e. The molecule has 7 heteroatoms. The quantitative estimate of drug-likeness (QED) is 0.784. The van der Waals surface area contributed by atoms with E-state index in [0.29, 0.717) is 17.8 Å². The van der Waals surface area contributed by atoms with Crippen molar-refractivity contribution in [2.75, 3.05) is 16.8 Å². The van der Waals surface area contributed by atoms with E-state index in [1.165, 1.54) is 12.1 Å². The molecule has 4 amide bonds. The van der Waals surface area contributed by atoms with Crippen LogP contribution in [-0.2, 0) is 4.79 Å². The molecule has 4 N–H and O–H groups in total. The first-order chi connectivity index (χ1) is 12.4. The van der Waals surface area contributed by atoms with E-state index in [9.17, 15) is 14.4 Å². The molecular weight excluding hydrogens is 332 g/mol. The number of benzene rings is 2. The van der Waals surface area contributed by atoms with E-state index in [1.807, 2.05) is 31.2 Å². The predicted molar refractivity (Wildman–Crippen MR) is 99.1 cm³/mol. The van der Waals surface area contributed by atoms with Crippen molar-refractivity contribution >= 4 is 29.2 Å². The number of carbonyl (C=O) groups excluding carboxylic acids is 3. The average molecular weight is 352 g/mol. The van der Waals surface area contributed by atoms with Crippen LogP contribution in [0.15, 0.2) is 48.5 Å². The lowest BCUT2D eigenvalue weighted by atomic mass is 10.2. The Bertz CT molecular complexity index is 831. The molecule has 1 heterocycles. The van der Waals surface area contributed by atoms with Crippen LogP contribution >= 0.6 is 0 Å². The highest BCUT2D eigenvalue weighted by Gasteiger charge is 2.31. The first-order valence-electron chi connectivity index (χ1n) is 8.27. The molecule has 1 aliphatic rings. The minimum atomic E-state index is -0.526. The van der Waals surface area contributed by atoms with E-state index in [4.69, 9.17) is 5.73 Å². The fourth-order valence-electron chi connectivity index (χ4n) is 2.85. The number of aryl methyl sites for hydroxylation is 1. The lowest BCUT2D eigenvalue weighted by Gasteiger charge is -2.17. The summed E-state index contributed by atoms with van der Waals surface area (Å²) in [7, 11) is 0. The number of nitrogens with two attached hydrogens (primary N) is 1. The van der Waals surface area contributed by atoms with Crippen LogP contribution in [0.2, 0.25) is 0 Å². The third-order valence-corrected chi connectivity index (χ3v) is 4.23. The molecule has 0 aliphatic carbocycles. The smallest absolute Gasteiger partial charge is 0.319 e. The Kier molecular flexibility index (Phi) is 4.88. The summed E-state index contributed by atoms with van der Waals surface area (Å²) in [5, 5.41) is 5.48. The summed E-state index contributed by atoms with van der Waals surface area (Å²) in [5.74, 6) is -0.549. The van der Waals surface area contributed by atoms with Gasteiger partial charge in [0.1, 0.15) is 0 Å². The molecule has 1 atom stereocenters. The van der Waals surface area contributed by atoms with Gasteiger partial charge in [0.15, 0.2) is 0 Å². The van der Waals surface area contributed by atoms with E-state index in [2.05, 4.69) is 10.6 Å². The van der Waals surface area contributed by atoms with Crippen LogP contribution in [0.25, 0.3) is 0 Å². The van der Waals surface area contributed by atoms with Crippen LogP contribution < -0.4 is 21.3 Å². The Balaban J connectivity index is 1.57. The Morgan fingerprint density at radius 3 is 2.35 bits per heavy atom. The lowest BCUT2D eigenvalue weighted by Crippen LogP contribution is -2.39. The zero-order chi connectivity index (χ0) is 18.7. The number of urea groups is 1. The van der Waals surface area contributed by atoms with Crippen LogP contribution in [0, 0.1) is 6.92 Å². The molecular formula is C19H20N4O3. The molecule has 134 valence electrons. The molecule has 0 spiro atoms. The van der Waals surface area contributed by atoms with Crippen molar-refractivity contribution in [2.45, 2.75) is 19.4 Å². The largest absolute Gasteiger partial charge is 0.366 e. The van der Waals surface area contributed by atoms with Gasteiger partial charge in [0.05, 0.1) is 6.04 Å². The summed E-state index contributed by atoms with van der Waals surface area (Å²) in [5.41, 5.74) is 8.03. The monoisotopic (exact) mass is 352 g/mol. The number of anilines is 2. The molecule has 1 aliphatic heterocycles. The number of amides is 4. The molecule has 0 saturated carbocycles. The van der Waals surface area contributed by atoms with E-state index in [1.54, 1.807) is 17.0 Å². The van der Waals surface area contributed by atoms with Crippen molar-refractivity contribution in [3.05, 3.63) is 59.7 Å². The highest BCUT2D eigenvalue weighted by atomic mass is 16.2. The fourth-order valence-corrected chi connectivity index (χ4v) is 2.85. The van der Waals surface area contributed by atoms with Crippen molar-refractivity contribution < 1.29 is 14.4 Å². The van der Waals surface area contributed by atoms with Gasteiger partial charge in [-0.15, -0.1) is 0 Å². The van der Waals surface area contributed by atoms with Crippen LogP contribution in [0.3, 0.4) is 0 Å². The van der Waals surface area contributed by atoms with Gasteiger partial charge in [-0.05, 0) is 43.3 Å². The van der Waals surface area contributed by atoms with E-state index in [0.717, 1.165) is 11.3 Å². The molecule has 26 heavy (non-hydrogen) atoms. The van der Waals surface area contributed by atoms with Gasteiger partial charge in [0.2, 0.25) is 11.8 Å². The zero-order valence-corrected chi connectivity index (χ0v) is 14.4. The number of nitrogens with one attached hydrogen (secondary N) is 2. The van der Waals surface area contributed by atoms with Crippen LogP contribution in [0.1, 0.15) is 22.3 Å². The van der Waals surface area contributed by atoms with E-state index < -0.39 is 11.9 Å². The molecule has 1 fully saturated rings. The van der Waals surface area contributed by atoms with Gasteiger partial charge in [0, 0.05) is 29.9 Å². The van der Waals surface area contributed by atoms with Gasteiger partial charge in [0.25, 0.3) is 0 Å². The second kappa shape index (κ2) is 7.26. The average Bonchev–Trinajstić information content (AvgIpc) is 2.96. The zero-order valence-electron chi connectivity index (χ0n) is 14.4. The van der Waals surface area contributed by atoms with E-state index >= 15 is 0 Å². The van der Waals surface area contributed by atoms with Gasteiger partial charge < -0.3 is 21.3 Å². The van der Waals surface area contributed by atoms with Crippen molar-refractivity contribution in [3.63, 3.8) is 0 Å². The minimum absolute atomic E-state index is 0.0232. The van der Waals surface area contributed by atoms with Crippen molar-refractivity contribution in [1.29, 1.82) is 0 Å².